The summed E-state index contributed by atoms with van der Waals surface area (Å²) in [7, 11) is 2.06. The lowest BCUT2D eigenvalue weighted by molar-refractivity contribution is 0.0381. The number of hydrogen-bond donors (Lipinski definition) is 2. The van der Waals surface area contributed by atoms with Gasteiger partial charge in [0.1, 0.15) is 18.3 Å². The number of nitrogens with one attached hydrogen (secondary N) is 2. The normalized spacial score (nSPS) is 26.4. The first kappa shape index (κ1) is 13.9. The van der Waals surface area contributed by atoms with Crippen LogP contribution in [0.15, 0.2) is 18.7 Å². The summed E-state index contributed by atoms with van der Waals surface area (Å²) in [5.74, 6) is 2.69. The molecule has 7 heteroatoms. The van der Waals surface area contributed by atoms with Crippen molar-refractivity contribution in [1.82, 2.24) is 30.0 Å². The predicted octanol–water partition coefficient (Wildman–Crippen LogP) is 1.50. The van der Waals surface area contributed by atoms with Gasteiger partial charge in [-0.2, -0.15) is 5.10 Å². The summed E-state index contributed by atoms with van der Waals surface area (Å²) in [5, 5.41) is 10.5. The molecular formula is C15H22N6O. The first-order chi connectivity index (χ1) is 10.8. The third-order valence-electron chi connectivity index (χ3n) is 4.64. The number of imidazole rings is 1. The van der Waals surface area contributed by atoms with E-state index in [1.807, 2.05) is 12.4 Å². The van der Waals surface area contributed by atoms with Crippen LogP contribution >= 0.6 is 0 Å². The fraction of sp³-hybridized carbons (Fsp3) is 0.667. The van der Waals surface area contributed by atoms with Gasteiger partial charge in [0.2, 0.25) is 0 Å². The van der Waals surface area contributed by atoms with Crippen LogP contribution in [0.25, 0.3) is 0 Å². The molecule has 2 fully saturated rings. The van der Waals surface area contributed by atoms with Gasteiger partial charge in [-0.1, -0.05) is 0 Å². The van der Waals surface area contributed by atoms with E-state index in [0.717, 1.165) is 31.0 Å². The molecule has 2 aromatic rings. The standard InChI is InChI=1S/C15H22N6O/c1-21-7-6-16-15(21)13(10-2-3-10)17-8-11-4-5-12(22-11)14-18-9-19-20-14/h6-7,9-13,17H,2-5,8H2,1H3,(H,18,19,20)/t11-,12+,13?/m1/s1. The summed E-state index contributed by atoms with van der Waals surface area (Å²) in [4.78, 5) is 8.71. The molecule has 1 saturated heterocycles. The van der Waals surface area contributed by atoms with Gasteiger partial charge in [0.05, 0.1) is 12.1 Å². The van der Waals surface area contributed by atoms with Crippen molar-refractivity contribution in [2.75, 3.05) is 6.54 Å². The summed E-state index contributed by atoms with van der Waals surface area (Å²) < 4.78 is 8.19. The SMILES string of the molecule is Cn1ccnc1C(NC[C@H]1CC[C@@H](c2ncn[nH]2)O1)C1CC1. The van der Waals surface area contributed by atoms with Crippen LogP contribution in [0.2, 0.25) is 0 Å². The Kier molecular flexibility index (Phi) is 3.67. The first-order valence-corrected chi connectivity index (χ1v) is 8.02. The van der Waals surface area contributed by atoms with E-state index < -0.39 is 0 Å². The molecule has 3 heterocycles. The molecule has 0 bridgehead atoms. The van der Waals surface area contributed by atoms with E-state index in [-0.39, 0.29) is 12.2 Å². The maximum absolute atomic E-state index is 6.08. The summed E-state index contributed by atoms with van der Waals surface area (Å²) in [6.45, 7) is 0.860. The van der Waals surface area contributed by atoms with Crippen LogP contribution in [0.5, 0.6) is 0 Å². The van der Waals surface area contributed by atoms with E-state index in [9.17, 15) is 0 Å². The van der Waals surface area contributed by atoms with Gasteiger partial charge in [0.15, 0.2) is 5.82 Å². The molecule has 2 aromatic heterocycles. The summed E-state index contributed by atoms with van der Waals surface area (Å²) in [6.07, 6.45) is 10.3. The summed E-state index contributed by atoms with van der Waals surface area (Å²) in [6, 6.07) is 0.341. The highest BCUT2D eigenvalue weighted by Gasteiger charge is 2.36. The Labute approximate surface area is 129 Å². The van der Waals surface area contributed by atoms with Crippen LogP contribution < -0.4 is 5.32 Å². The Morgan fingerprint density at radius 1 is 1.36 bits per heavy atom. The zero-order valence-corrected chi connectivity index (χ0v) is 12.8. The molecule has 0 spiro atoms. The molecular weight excluding hydrogens is 280 g/mol. The summed E-state index contributed by atoms with van der Waals surface area (Å²) >= 11 is 0. The highest BCUT2D eigenvalue weighted by molar-refractivity contribution is 5.05. The van der Waals surface area contributed by atoms with Gasteiger partial charge in [0.25, 0.3) is 0 Å². The number of rotatable bonds is 6. The zero-order valence-electron chi connectivity index (χ0n) is 12.8. The molecule has 0 amide bonds. The van der Waals surface area contributed by atoms with Gasteiger partial charge in [-0.05, 0) is 31.6 Å². The second-order valence-electron chi connectivity index (χ2n) is 6.31. The molecule has 1 aliphatic heterocycles. The molecule has 2 N–H and O–H groups in total. The molecule has 118 valence electrons. The predicted molar refractivity (Wildman–Crippen MR) is 79.9 cm³/mol. The van der Waals surface area contributed by atoms with Gasteiger partial charge >= 0.3 is 0 Å². The van der Waals surface area contributed by atoms with Crippen molar-refractivity contribution in [3.05, 3.63) is 30.4 Å². The molecule has 0 radical (unpaired) electrons. The molecule has 0 aromatic carbocycles. The molecule has 22 heavy (non-hydrogen) atoms. The van der Waals surface area contributed by atoms with Crippen LogP contribution in [0.1, 0.15) is 49.5 Å². The lowest BCUT2D eigenvalue weighted by Gasteiger charge is -2.20. The van der Waals surface area contributed by atoms with Crippen molar-refractivity contribution in [2.24, 2.45) is 13.0 Å². The number of aromatic nitrogens is 5. The van der Waals surface area contributed by atoms with E-state index in [1.165, 1.54) is 19.2 Å². The summed E-state index contributed by atoms with van der Waals surface area (Å²) in [5.41, 5.74) is 0. The van der Waals surface area contributed by atoms with Crippen molar-refractivity contribution < 1.29 is 4.74 Å². The highest BCUT2D eigenvalue weighted by Crippen LogP contribution is 2.40. The lowest BCUT2D eigenvalue weighted by atomic mass is 10.1. The third-order valence-corrected chi connectivity index (χ3v) is 4.64. The van der Waals surface area contributed by atoms with Gasteiger partial charge in [0, 0.05) is 26.0 Å². The second-order valence-corrected chi connectivity index (χ2v) is 6.31. The number of nitrogens with zero attached hydrogens (tertiary/aromatic N) is 4. The van der Waals surface area contributed by atoms with Crippen LogP contribution in [-0.4, -0.2) is 37.4 Å². The smallest absolute Gasteiger partial charge is 0.153 e. The van der Waals surface area contributed by atoms with Crippen LogP contribution in [0, 0.1) is 5.92 Å². The van der Waals surface area contributed by atoms with Crippen LogP contribution in [0.3, 0.4) is 0 Å². The lowest BCUT2D eigenvalue weighted by Crippen LogP contribution is -2.32. The van der Waals surface area contributed by atoms with E-state index in [4.69, 9.17) is 4.74 Å². The molecule has 3 atom stereocenters. The van der Waals surface area contributed by atoms with Crippen molar-refractivity contribution in [2.45, 2.75) is 43.9 Å². The second kappa shape index (κ2) is 5.81. The first-order valence-electron chi connectivity index (χ1n) is 8.02. The fourth-order valence-electron chi connectivity index (χ4n) is 3.26. The molecule has 1 unspecified atom stereocenters. The largest absolute Gasteiger partial charge is 0.366 e. The van der Waals surface area contributed by atoms with Gasteiger partial charge in [-0.15, -0.1) is 0 Å². The molecule has 7 nitrogen and oxygen atoms in total. The number of aryl methyl sites for hydroxylation is 1. The molecule has 1 saturated carbocycles. The minimum atomic E-state index is 0.0573. The average molecular weight is 302 g/mol. The molecule has 4 rings (SSSR count). The number of hydrogen-bond acceptors (Lipinski definition) is 5. The van der Waals surface area contributed by atoms with E-state index in [1.54, 1.807) is 0 Å². The van der Waals surface area contributed by atoms with E-state index in [2.05, 4.69) is 37.1 Å². The maximum atomic E-state index is 6.08. The van der Waals surface area contributed by atoms with Crippen molar-refractivity contribution in [1.29, 1.82) is 0 Å². The zero-order chi connectivity index (χ0) is 14.9. The Balaban J connectivity index is 1.35. The molecule has 2 aliphatic rings. The van der Waals surface area contributed by atoms with Crippen molar-refractivity contribution in [3.63, 3.8) is 0 Å². The van der Waals surface area contributed by atoms with E-state index >= 15 is 0 Å². The van der Waals surface area contributed by atoms with Crippen molar-refractivity contribution in [3.8, 4) is 0 Å². The Bertz CT molecular complexity index is 605. The maximum Gasteiger partial charge on any atom is 0.153 e. The third kappa shape index (κ3) is 2.78. The minimum Gasteiger partial charge on any atom is -0.366 e. The Hall–Kier alpha value is -1.73. The average Bonchev–Trinajstić information content (AvgIpc) is 2.96. The molecule has 1 aliphatic carbocycles. The van der Waals surface area contributed by atoms with Crippen LogP contribution in [-0.2, 0) is 11.8 Å². The van der Waals surface area contributed by atoms with Gasteiger partial charge in [-0.25, -0.2) is 9.97 Å². The van der Waals surface area contributed by atoms with Gasteiger partial charge < -0.3 is 14.6 Å². The number of ether oxygens (including phenoxy) is 1. The van der Waals surface area contributed by atoms with Crippen LogP contribution in [0.4, 0.5) is 0 Å². The monoisotopic (exact) mass is 302 g/mol. The van der Waals surface area contributed by atoms with Gasteiger partial charge in [-0.3, -0.25) is 5.10 Å². The number of H-pyrrole nitrogens is 1. The fourth-order valence-corrected chi connectivity index (χ4v) is 3.26. The topological polar surface area (TPSA) is 80.7 Å². The number of aromatic amines is 1. The van der Waals surface area contributed by atoms with Crippen molar-refractivity contribution >= 4 is 0 Å². The quantitative estimate of drug-likeness (QED) is 0.845. The minimum absolute atomic E-state index is 0.0573. The highest BCUT2D eigenvalue weighted by atomic mass is 16.5. The van der Waals surface area contributed by atoms with E-state index in [0.29, 0.717) is 12.0 Å². The Morgan fingerprint density at radius 3 is 2.95 bits per heavy atom. The Morgan fingerprint density at radius 2 is 2.27 bits per heavy atom.